The molecule has 8 heteroatoms. The van der Waals surface area contributed by atoms with Crippen molar-refractivity contribution in [3.8, 4) is 0 Å². The number of ether oxygens (including phenoxy) is 2. The van der Waals surface area contributed by atoms with Crippen LogP contribution >= 0.6 is 0 Å². The van der Waals surface area contributed by atoms with Crippen LogP contribution in [0.2, 0.25) is 0 Å². The molecule has 1 saturated heterocycles. The number of nitrogens with zero attached hydrogens (tertiary/aromatic N) is 3. The number of carbonyl (C=O) groups excluding carboxylic acids is 1. The molecule has 4 atom stereocenters. The van der Waals surface area contributed by atoms with E-state index < -0.39 is 24.4 Å². The Morgan fingerprint density at radius 1 is 1.68 bits per heavy atom. The van der Waals surface area contributed by atoms with Gasteiger partial charge < -0.3 is 19.7 Å². The zero-order valence-corrected chi connectivity index (χ0v) is 10.8. The number of aromatic nitrogens is 3. The van der Waals surface area contributed by atoms with E-state index in [9.17, 15) is 9.90 Å². The number of methoxy groups -OCH3 is 1. The monoisotopic (exact) mass is 271 g/mol. The smallest absolute Gasteiger partial charge is 0.216 e. The molecule has 8 nitrogen and oxygen atoms in total. The van der Waals surface area contributed by atoms with E-state index in [-0.39, 0.29) is 24.8 Å². The molecule has 2 heterocycles. The van der Waals surface area contributed by atoms with Crippen molar-refractivity contribution in [3.05, 3.63) is 12.2 Å². The maximum absolute atomic E-state index is 11.2. The molecule has 1 aliphatic heterocycles. The van der Waals surface area contributed by atoms with Gasteiger partial charge in [0.25, 0.3) is 0 Å². The first kappa shape index (κ1) is 14.1. The van der Waals surface area contributed by atoms with Crippen molar-refractivity contribution in [1.29, 1.82) is 0 Å². The van der Waals surface area contributed by atoms with E-state index in [4.69, 9.17) is 14.6 Å². The third-order valence-corrected chi connectivity index (χ3v) is 3.19. The summed E-state index contributed by atoms with van der Waals surface area (Å²) in [5.41, 5.74) is 0. The highest BCUT2D eigenvalue weighted by molar-refractivity contribution is 5.89. The SMILES string of the molecule is CO[C@@H]1[C@H](O)[C@@H](CO)OC[C@H]1n1cnc(C(C)=O)n1. The number of hydrogen-bond acceptors (Lipinski definition) is 7. The van der Waals surface area contributed by atoms with Crippen LogP contribution in [-0.2, 0) is 9.47 Å². The topological polar surface area (TPSA) is 107 Å². The molecule has 1 fully saturated rings. The summed E-state index contributed by atoms with van der Waals surface area (Å²) >= 11 is 0. The third-order valence-electron chi connectivity index (χ3n) is 3.19. The fourth-order valence-corrected chi connectivity index (χ4v) is 2.13. The van der Waals surface area contributed by atoms with E-state index in [0.717, 1.165) is 0 Å². The predicted octanol–water partition coefficient (Wildman–Crippen LogP) is -1.21. The molecule has 0 unspecified atom stereocenters. The van der Waals surface area contributed by atoms with Crippen LogP contribution in [0.25, 0.3) is 0 Å². The Kier molecular flexibility index (Phi) is 4.25. The lowest BCUT2D eigenvalue weighted by Crippen LogP contribution is -2.52. The minimum absolute atomic E-state index is 0.105. The molecule has 0 saturated carbocycles. The maximum Gasteiger partial charge on any atom is 0.216 e. The van der Waals surface area contributed by atoms with Crippen LogP contribution in [0.1, 0.15) is 23.6 Å². The fraction of sp³-hybridized carbons (Fsp3) is 0.727. The average molecular weight is 271 g/mol. The van der Waals surface area contributed by atoms with Gasteiger partial charge in [0.15, 0.2) is 5.78 Å². The summed E-state index contributed by atoms with van der Waals surface area (Å²) < 4.78 is 12.1. The Morgan fingerprint density at radius 3 is 2.95 bits per heavy atom. The number of carbonyl (C=O) groups is 1. The van der Waals surface area contributed by atoms with Gasteiger partial charge in [0, 0.05) is 14.0 Å². The van der Waals surface area contributed by atoms with Crippen LogP contribution in [0.4, 0.5) is 0 Å². The van der Waals surface area contributed by atoms with E-state index in [2.05, 4.69) is 10.1 Å². The van der Waals surface area contributed by atoms with Crippen molar-refractivity contribution in [1.82, 2.24) is 14.8 Å². The molecule has 2 rings (SSSR count). The van der Waals surface area contributed by atoms with Gasteiger partial charge in [-0.25, -0.2) is 9.67 Å². The molecule has 19 heavy (non-hydrogen) atoms. The number of rotatable bonds is 4. The van der Waals surface area contributed by atoms with E-state index in [1.54, 1.807) is 0 Å². The Bertz CT molecular complexity index is 449. The van der Waals surface area contributed by atoms with E-state index >= 15 is 0 Å². The summed E-state index contributed by atoms with van der Waals surface area (Å²) in [6.45, 7) is 1.30. The highest BCUT2D eigenvalue weighted by Crippen LogP contribution is 2.26. The van der Waals surface area contributed by atoms with Gasteiger partial charge in [0.1, 0.15) is 30.7 Å². The lowest BCUT2D eigenvalue weighted by Gasteiger charge is -2.38. The van der Waals surface area contributed by atoms with Crippen molar-refractivity contribution in [2.24, 2.45) is 0 Å². The highest BCUT2D eigenvalue weighted by atomic mass is 16.5. The van der Waals surface area contributed by atoms with Crippen LogP contribution in [0, 0.1) is 0 Å². The number of aliphatic hydroxyl groups is 2. The van der Waals surface area contributed by atoms with Crippen LogP contribution < -0.4 is 0 Å². The largest absolute Gasteiger partial charge is 0.394 e. The van der Waals surface area contributed by atoms with Gasteiger partial charge in [-0.05, 0) is 0 Å². The second-order valence-electron chi connectivity index (χ2n) is 4.42. The molecule has 2 N–H and O–H groups in total. The summed E-state index contributed by atoms with van der Waals surface area (Å²) in [6, 6.07) is -0.400. The first-order chi connectivity index (χ1) is 9.08. The summed E-state index contributed by atoms with van der Waals surface area (Å²) in [4.78, 5) is 15.1. The van der Waals surface area contributed by atoms with Gasteiger partial charge in [-0.1, -0.05) is 0 Å². The molecule has 1 aliphatic rings. The van der Waals surface area contributed by atoms with Crippen molar-refractivity contribution in [3.63, 3.8) is 0 Å². The first-order valence-corrected chi connectivity index (χ1v) is 5.94. The van der Waals surface area contributed by atoms with Gasteiger partial charge in [0.2, 0.25) is 5.82 Å². The van der Waals surface area contributed by atoms with E-state index in [0.29, 0.717) is 0 Å². The van der Waals surface area contributed by atoms with Gasteiger partial charge in [-0.15, -0.1) is 5.10 Å². The standard InChI is InChI=1S/C11H17N3O5/c1-6(16)11-12-5-14(13-11)7-4-19-8(3-15)9(17)10(7)18-2/h5,7-10,15,17H,3-4H2,1-2H3/t7-,8-,9-,10+/m1/s1. The molecule has 1 aromatic rings. The number of ketones is 1. The second kappa shape index (κ2) is 5.74. The number of hydrogen-bond donors (Lipinski definition) is 2. The highest BCUT2D eigenvalue weighted by Gasteiger charge is 2.41. The van der Waals surface area contributed by atoms with Crippen molar-refractivity contribution >= 4 is 5.78 Å². The zero-order valence-electron chi connectivity index (χ0n) is 10.8. The predicted molar refractivity (Wildman–Crippen MR) is 62.7 cm³/mol. The third kappa shape index (κ3) is 2.66. The molecule has 0 spiro atoms. The van der Waals surface area contributed by atoms with Gasteiger partial charge in [0.05, 0.1) is 13.2 Å². The lowest BCUT2D eigenvalue weighted by atomic mass is 9.98. The quantitative estimate of drug-likeness (QED) is 0.661. The zero-order chi connectivity index (χ0) is 14.0. The first-order valence-electron chi connectivity index (χ1n) is 5.94. The molecular weight excluding hydrogens is 254 g/mol. The molecule has 0 bridgehead atoms. The number of Topliss-reactive ketones (excluding diaryl/α,β-unsaturated/α-hetero) is 1. The average Bonchev–Trinajstić information content (AvgIpc) is 2.87. The second-order valence-corrected chi connectivity index (χ2v) is 4.42. The minimum atomic E-state index is -0.973. The molecule has 0 aliphatic carbocycles. The van der Waals surface area contributed by atoms with E-state index in [1.165, 1.54) is 25.0 Å². The lowest BCUT2D eigenvalue weighted by molar-refractivity contribution is -0.180. The normalized spacial score (nSPS) is 31.4. The molecule has 0 aromatic carbocycles. The van der Waals surface area contributed by atoms with Gasteiger partial charge in [-0.2, -0.15) is 0 Å². The van der Waals surface area contributed by atoms with Crippen LogP contribution in [0.3, 0.4) is 0 Å². The molecule has 0 amide bonds. The Balaban J connectivity index is 2.20. The van der Waals surface area contributed by atoms with Crippen molar-refractivity contribution in [2.45, 2.75) is 31.3 Å². The molecule has 106 valence electrons. The fourth-order valence-electron chi connectivity index (χ4n) is 2.13. The molecule has 1 aromatic heterocycles. The minimum Gasteiger partial charge on any atom is -0.394 e. The maximum atomic E-state index is 11.2. The summed E-state index contributed by atoms with van der Waals surface area (Å²) in [5, 5.41) is 23.2. The van der Waals surface area contributed by atoms with Crippen molar-refractivity contribution in [2.75, 3.05) is 20.3 Å². The Hall–Kier alpha value is -1.35. The molecule has 0 radical (unpaired) electrons. The van der Waals surface area contributed by atoms with Crippen LogP contribution in [0.5, 0.6) is 0 Å². The summed E-state index contributed by atoms with van der Waals surface area (Å²) in [6.07, 6.45) is -0.842. The summed E-state index contributed by atoms with van der Waals surface area (Å²) in [7, 11) is 1.46. The Morgan fingerprint density at radius 2 is 2.42 bits per heavy atom. The van der Waals surface area contributed by atoms with Crippen LogP contribution in [-0.4, -0.2) is 69.4 Å². The van der Waals surface area contributed by atoms with Crippen molar-refractivity contribution < 1.29 is 24.5 Å². The Labute approximate surface area is 110 Å². The van der Waals surface area contributed by atoms with Gasteiger partial charge in [-0.3, -0.25) is 4.79 Å². The summed E-state index contributed by atoms with van der Waals surface area (Å²) in [5.74, 6) is -0.133. The number of aliphatic hydroxyl groups excluding tert-OH is 2. The van der Waals surface area contributed by atoms with Crippen LogP contribution in [0.15, 0.2) is 6.33 Å². The van der Waals surface area contributed by atoms with Gasteiger partial charge >= 0.3 is 0 Å². The molecular formula is C11H17N3O5. The van der Waals surface area contributed by atoms with E-state index in [1.807, 2.05) is 0 Å².